The SMILES string of the molecule is Cc1cn2c(NCc3c(F)ccc4c3CCO4)ncc(-c3ccc(S(N)(=O)=O)cc3)c2n1. The molecule has 0 saturated carbocycles. The number of sulfonamides is 1. The van der Waals surface area contributed by atoms with Crippen LogP contribution in [-0.4, -0.2) is 29.4 Å². The first-order valence-electron chi connectivity index (χ1n) is 9.96. The number of nitrogens with zero attached hydrogens (tertiary/aromatic N) is 3. The molecule has 0 bridgehead atoms. The molecule has 0 spiro atoms. The minimum absolute atomic E-state index is 0.0319. The van der Waals surface area contributed by atoms with E-state index in [1.165, 1.54) is 18.2 Å². The number of ether oxygens (including phenoxy) is 1. The van der Waals surface area contributed by atoms with Crippen molar-refractivity contribution in [1.82, 2.24) is 14.4 Å². The van der Waals surface area contributed by atoms with Gasteiger partial charge in [-0.1, -0.05) is 12.1 Å². The van der Waals surface area contributed by atoms with E-state index in [0.717, 1.165) is 28.1 Å². The van der Waals surface area contributed by atoms with E-state index < -0.39 is 10.0 Å². The minimum atomic E-state index is -3.77. The van der Waals surface area contributed by atoms with Crippen LogP contribution < -0.4 is 15.2 Å². The number of halogens is 1. The zero-order chi connectivity index (χ0) is 22.5. The quantitative estimate of drug-likeness (QED) is 0.480. The Bertz CT molecular complexity index is 1450. The summed E-state index contributed by atoms with van der Waals surface area (Å²) in [6.07, 6.45) is 4.16. The highest BCUT2D eigenvalue weighted by molar-refractivity contribution is 7.89. The zero-order valence-corrected chi connectivity index (χ0v) is 18.0. The highest BCUT2D eigenvalue weighted by atomic mass is 32.2. The van der Waals surface area contributed by atoms with Gasteiger partial charge in [-0.2, -0.15) is 0 Å². The maximum Gasteiger partial charge on any atom is 0.238 e. The van der Waals surface area contributed by atoms with Crippen molar-refractivity contribution in [2.75, 3.05) is 11.9 Å². The largest absolute Gasteiger partial charge is 0.493 e. The summed E-state index contributed by atoms with van der Waals surface area (Å²) in [5, 5.41) is 8.40. The van der Waals surface area contributed by atoms with E-state index in [9.17, 15) is 12.8 Å². The first-order valence-corrected chi connectivity index (χ1v) is 11.5. The van der Waals surface area contributed by atoms with Crippen LogP contribution in [0.2, 0.25) is 0 Å². The third kappa shape index (κ3) is 3.57. The maximum absolute atomic E-state index is 14.5. The summed E-state index contributed by atoms with van der Waals surface area (Å²) in [4.78, 5) is 9.15. The summed E-state index contributed by atoms with van der Waals surface area (Å²) in [6, 6.07) is 9.30. The number of aryl methyl sites for hydroxylation is 1. The van der Waals surface area contributed by atoms with Crippen LogP contribution in [0.4, 0.5) is 10.3 Å². The fraction of sp³-hybridized carbons (Fsp3) is 0.182. The second-order valence-corrected chi connectivity index (χ2v) is 9.16. The van der Waals surface area contributed by atoms with Crippen molar-refractivity contribution >= 4 is 21.6 Å². The molecular formula is C22H20FN5O3S. The van der Waals surface area contributed by atoms with Gasteiger partial charge >= 0.3 is 0 Å². The molecule has 3 heterocycles. The predicted octanol–water partition coefficient (Wildman–Crippen LogP) is 3.04. The van der Waals surface area contributed by atoms with Gasteiger partial charge in [0.2, 0.25) is 16.0 Å². The molecule has 0 radical (unpaired) electrons. The molecule has 0 saturated heterocycles. The van der Waals surface area contributed by atoms with Crippen LogP contribution >= 0.6 is 0 Å². The molecule has 1 aliphatic rings. The van der Waals surface area contributed by atoms with Gasteiger partial charge in [-0.25, -0.2) is 27.9 Å². The van der Waals surface area contributed by atoms with Gasteiger partial charge in [0.15, 0.2) is 0 Å². The highest BCUT2D eigenvalue weighted by Gasteiger charge is 2.20. The third-order valence-electron chi connectivity index (χ3n) is 5.47. The van der Waals surface area contributed by atoms with Crippen LogP contribution in [0, 0.1) is 12.7 Å². The van der Waals surface area contributed by atoms with Crippen LogP contribution in [0.15, 0.2) is 53.7 Å². The van der Waals surface area contributed by atoms with Gasteiger partial charge < -0.3 is 10.1 Å². The number of hydrogen-bond acceptors (Lipinski definition) is 6. The Morgan fingerprint density at radius 3 is 2.75 bits per heavy atom. The average Bonchev–Trinajstić information content (AvgIpc) is 3.38. The van der Waals surface area contributed by atoms with Crippen LogP contribution in [0.25, 0.3) is 16.8 Å². The van der Waals surface area contributed by atoms with Gasteiger partial charge in [-0.05, 0) is 36.8 Å². The van der Waals surface area contributed by atoms with Gasteiger partial charge in [-0.15, -0.1) is 0 Å². The van der Waals surface area contributed by atoms with E-state index >= 15 is 0 Å². The molecule has 164 valence electrons. The van der Waals surface area contributed by atoms with Crippen LogP contribution in [0.1, 0.15) is 16.8 Å². The number of nitrogens with two attached hydrogens (primary N) is 1. The van der Waals surface area contributed by atoms with Crippen LogP contribution in [0.3, 0.4) is 0 Å². The lowest BCUT2D eigenvalue weighted by molar-refractivity contribution is 0.356. The molecule has 0 atom stereocenters. The van der Waals surface area contributed by atoms with E-state index in [2.05, 4.69) is 15.3 Å². The topological polar surface area (TPSA) is 112 Å². The van der Waals surface area contributed by atoms with Gasteiger partial charge in [0.25, 0.3) is 0 Å². The smallest absolute Gasteiger partial charge is 0.238 e. The molecule has 32 heavy (non-hydrogen) atoms. The average molecular weight is 453 g/mol. The fourth-order valence-electron chi connectivity index (χ4n) is 3.93. The summed E-state index contributed by atoms with van der Waals surface area (Å²) < 4.78 is 44.9. The summed E-state index contributed by atoms with van der Waals surface area (Å²) in [5.74, 6) is 0.950. The molecule has 2 aromatic carbocycles. The van der Waals surface area contributed by atoms with Gasteiger partial charge in [-0.3, -0.25) is 4.40 Å². The lowest BCUT2D eigenvalue weighted by Gasteiger charge is -2.13. The number of aromatic nitrogens is 3. The summed E-state index contributed by atoms with van der Waals surface area (Å²) in [5.41, 5.74) is 4.34. The van der Waals surface area contributed by atoms with Gasteiger partial charge in [0.1, 0.15) is 17.2 Å². The molecular weight excluding hydrogens is 433 g/mol. The molecule has 4 aromatic rings. The molecule has 0 aliphatic carbocycles. The van der Waals surface area contributed by atoms with E-state index in [-0.39, 0.29) is 17.3 Å². The number of imidazole rings is 1. The van der Waals surface area contributed by atoms with E-state index in [4.69, 9.17) is 9.88 Å². The monoisotopic (exact) mass is 453 g/mol. The number of fused-ring (bicyclic) bond motifs is 2. The van der Waals surface area contributed by atoms with E-state index in [1.54, 1.807) is 28.8 Å². The highest BCUT2D eigenvalue weighted by Crippen LogP contribution is 2.31. The van der Waals surface area contributed by atoms with Crippen molar-refractivity contribution in [3.8, 4) is 16.9 Å². The number of nitrogens with one attached hydrogen (secondary N) is 1. The molecule has 0 fully saturated rings. The standard InChI is InChI=1S/C22H20FN5O3S/c1-13-12-28-21(27-13)17(14-2-4-15(5-3-14)32(24,29)30)10-25-22(28)26-11-18-16-8-9-31-20(16)7-6-19(18)23/h2-7,10,12H,8-9,11H2,1H3,(H,25,26)(H2,24,29,30). The lowest BCUT2D eigenvalue weighted by atomic mass is 10.0. The molecule has 8 nitrogen and oxygen atoms in total. The molecule has 1 aliphatic heterocycles. The van der Waals surface area contributed by atoms with Crippen LogP contribution in [-0.2, 0) is 23.0 Å². The summed E-state index contributed by atoms with van der Waals surface area (Å²) in [7, 11) is -3.77. The van der Waals surface area contributed by atoms with E-state index in [0.29, 0.717) is 30.2 Å². The minimum Gasteiger partial charge on any atom is -0.493 e. The number of hydrogen-bond donors (Lipinski definition) is 2. The zero-order valence-electron chi connectivity index (χ0n) is 17.2. The summed E-state index contributed by atoms with van der Waals surface area (Å²) in [6.45, 7) is 2.67. The Hall–Kier alpha value is -3.50. The number of rotatable bonds is 5. The fourth-order valence-corrected chi connectivity index (χ4v) is 4.44. The molecule has 0 amide bonds. The van der Waals surface area contributed by atoms with Crippen molar-refractivity contribution in [2.24, 2.45) is 5.14 Å². The Morgan fingerprint density at radius 1 is 1.22 bits per heavy atom. The predicted molar refractivity (Wildman–Crippen MR) is 117 cm³/mol. The van der Waals surface area contributed by atoms with Crippen molar-refractivity contribution in [2.45, 2.75) is 24.8 Å². The van der Waals surface area contributed by atoms with Crippen molar-refractivity contribution in [3.05, 3.63) is 71.4 Å². The van der Waals surface area contributed by atoms with Gasteiger partial charge in [0.05, 0.1) is 17.2 Å². The number of benzene rings is 2. The van der Waals surface area contributed by atoms with Crippen molar-refractivity contribution in [3.63, 3.8) is 0 Å². The lowest BCUT2D eigenvalue weighted by Crippen LogP contribution is -2.11. The van der Waals surface area contributed by atoms with Crippen molar-refractivity contribution in [1.29, 1.82) is 0 Å². The number of anilines is 1. The van der Waals surface area contributed by atoms with Gasteiger partial charge in [0, 0.05) is 42.0 Å². The normalized spacial score (nSPS) is 13.2. The molecule has 0 unspecified atom stereocenters. The number of primary sulfonamides is 1. The third-order valence-corrected chi connectivity index (χ3v) is 6.40. The second-order valence-electron chi connectivity index (χ2n) is 7.60. The second kappa shape index (κ2) is 7.57. The van der Waals surface area contributed by atoms with Crippen molar-refractivity contribution < 1.29 is 17.5 Å². The Kier molecular flexibility index (Phi) is 4.83. The molecule has 5 rings (SSSR count). The Morgan fingerprint density at radius 2 is 2.00 bits per heavy atom. The van der Waals surface area contributed by atoms with E-state index in [1.807, 2.05) is 13.1 Å². The van der Waals surface area contributed by atoms with Crippen LogP contribution in [0.5, 0.6) is 5.75 Å². The maximum atomic E-state index is 14.5. The Labute approximate surface area is 183 Å². The first-order chi connectivity index (χ1) is 15.3. The molecule has 10 heteroatoms. The summed E-state index contributed by atoms with van der Waals surface area (Å²) >= 11 is 0. The molecule has 3 N–H and O–H groups in total. The Balaban J connectivity index is 1.50. The molecule has 2 aromatic heterocycles. The first kappa shape index (κ1) is 20.4.